The van der Waals surface area contributed by atoms with Gasteiger partial charge >= 0.3 is 0 Å². The second-order valence-corrected chi connectivity index (χ2v) is 5.89. The lowest BCUT2D eigenvalue weighted by Crippen LogP contribution is -2.32. The van der Waals surface area contributed by atoms with Crippen molar-refractivity contribution in [3.05, 3.63) is 24.3 Å². The minimum atomic E-state index is -0.0597. The highest BCUT2D eigenvalue weighted by Gasteiger charge is 2.30. The van der Waals surface area contributed by atoms with E-state index in [2.05, 4.69) is 15.7 Å². The molecule has 0 saturated carbocycles. The van der Waals surface area contributed by atoms with Gasteiger partial charge in [-0.3, -0.25) is 9.52 Å². The number of anilines is 1. The molecule has 0 fully saturated rings. The number of hydrogen-bond donors (Lipinski definition) is 2. The van der Waals surface area contributed by atoms with Crippen LogP contribution in [0.5, 0.6) is 0 Å². The molecule has 92 valence electrons. The van der Waals surface area contributed by atoms with E-state index < -0.39 is 0 Å². The van der Waals surface area contributed by atoms with Crippen molar-refractivity contribution < 1.29 is 9.90 Å². The molecule has 2 rings (SSSR count). The zero-order valence-corrected chi connectivity index (χ0v) is 11.1. The summed E-state index contributed by atoms with van der Waals surface area (Å²) in [6, 6.07) is 8.06. The van der Waals surface area contributed by atoms with Crippen LogP contribution in [0.4, 0.5) is 5.69 Å². The Labute approximate surface area is 109 Å². The van der Waals surface area contributed by atoms with Gasteiger partial charge in [0.05, 0.1) is 12.3 Å². The van der Waals surface area contributed by atoms with Crippen LogP contribution in [-0.4, -0.2) is 28.9 Å². The number of aliphatic hydroxyl groups excluding tert-OH is 1. The summed E-state index contributed by atoms with van der Waals surface area (Å²) in [5.41, 5.74) is 1.12. The zero-order chi connectivity index (χ0) is 12.3. The number of β-amino-alcohol motifs (C(OH)–C–C–N with tert-alkyl or cyclic N) is 1. The smallest absolute Gasteiger partial charge is 0.226 e. The molecule has 1 aromatic rings. The summed E-state index contributed by atoms with van der Waals surface area (Å²) in [5, 5.41) is 9.10. The Morgan fingerprint density at radius 1 is 1.59 bits per heavy atom. The fourth-order valence-electron chi connectivity index (χ4n) is 1.63. The normalized spacial score (nSPS) is 18.0. The average molecular weight is 270 g/mol. The van der Waals surface area contributed by atoms with E-state index in [9.17, 15) is 4.79 Å². The van der Waals surface area contributed by atoms with Gasteiger partial charge in [0.2, 0.25) is 5.91 Å². The molecule has 0 aromatic heterocycles. The molecule has 2 N–H and O–H groups in total. The van der Waals surface area contributed by atoms with Crippen LogP contribution in [0.1, 0.15) is 6.92 Å². The summed E-state index contributed by atoms with van der Waals surface area (Å²) in [6.45, 7) is 2.17. The molecule has 0 saturated heterocycles. The van der Waals surface area contributed by atoms with Crippen LogP contribution in [0.15, 0.2) is 29.2 Å². The number of hydrogen-bond acceptors (Lipinski definition) is 5. The molecule has 17 heavy (non-hydrogen) atoms. The van der Waals surface area contributed by atoms with E-state index in [1.165, 1.54) is 23.8 Å². The van der Waals surface area contributed by atoms with Crippen LogP contribution in [0.3, 0.4) is 0 Å². The maximum Gasteiger partial charge on any atom is 0.226 e. The lowest BCUT2D eigenvalue weighted by molar-refractivity contribution is -0.117. The molecule has 0 spiro atoms. The van der Waals surface area contributed by atoms with E-state index in [4.69, 9.17) is 5.11 Å². The number of carbonyl (C=O) groups excluding carboxylic acids is 1. The van der Waals surface area contributed by atoms with Crippen LogP contribution in [0, 0.1) is 0 Å². The van der Waals surface area contributed by atoms with Crippen molar-refractivity contribution in [3.8, 4) is 0 Å². The molecule has 1 aliphatic heterocycles. The fourth-order valence-corrected chi connectivity index (χ4v) is 3.92. The molecule has 4 nitrogen and oxygen atoms in total. The van der Waals surface area contributed by atoms with Crippen molar-refractivity contribution in [2.75, 3.05) is 18.1 Å². The first-order valence-electron chi connectivity index (χ1n) is 5.28. The van der Waals surface area contributed by atoms with Crippen LogP contribution < -0.4 is 9.62 Å². The van der Waals surface area contributed by atoms with Gasteiger partial charge in [-0.25, -0.2) is 0 Å². The van der Waals surface area contributed by atoms with E-state index in [0.717, 1.165) is 5.69 Å². The van der Waals surface area contributed by atoms with Crippen LogP contribution >= 0.6 is 23.7 Å². The van der Waals surface area contributed by atoms with Crippen molar-refractivity contribution in [1.29, 1.82) is 0 Å². The molecule has 1 aromatic carbocycles. The Bertz CT molecular complexity index is 414. The lowest BCUT2D eigenvalue weighted by Gasteiger charge is -2.24. The Hall–Kier alpha value is -0.850. The van der Waals surface area contributed by atoms with Crippen LogP contribution in [0.25, 0.3) is 0 Å². The number of fused-ring (bicyclic) bond motifs is 1. The van der Waals surface area contributed by atoms with Gasteiger partial charge in [-0.2, -0.15) is 0 Å². The fraction of sp³-hybridized carbons (Fsp3) is 0.364. The first-order chi connectivity index (χ1) is 8.22. The van der Waals surface area contributed by atoms with Gasteiger partial charge in [0.25, 0.3) is 0 Å². The average Bonchev–Trinajstić information content (AvgIpc) is 2.66. The zero-order valence-electron chi connectivity index (χ0n) is 9.42. The van der Waals surface area contributed by atoms with Crippen molar-refractivity contribution >= 4 is 35.3 Å². The highest BCUT2D eigenvalue weighted by atomic mass is 32.2. The third-order valence-electron chi connectivity index (χ3n) is 2.30. The van der Waals surface area contributed by atoms with Gasteiger partial charge in [-0.15, -0.1) is 0 Å². The van der Waals surface area contributed by atoms with E-state index in [1.54, 1.807) is 11.8 Å². The van der Waals surface area contributed by atoms with Gasteiger partial charge in [0, 0.05) is 18.4 Å². The maximum absolute atomic E-state index is 10.9. The van der Waals surface area contributed by atoms with E-state index in [1.807, 2.05) is 18.2 Å². The summed E-state index contributed by atoms with van der Waals surface area (Å²) in [4.78, 5) is 14.2. The number of carbonyl (C=O) groups is 1. The molecule has 1 amide bonds. The van der Waals surface area contributed by atoms with Gasteiger partial charge in [-0.1, -0.05) is 23.9 Å². The molecule has 0 bridgehead atoms. The Morgan fingerprint density at radius 2 is 2.35 bits per heavy atom. The maximum atomic E-state index is 10.9. The molecule has 1 aliphatic rings. The number of thioether (sulfide) groups is 1. The van der Waals surface area contributed by atoms with E-state index in [0.29, 0.717) is 6.54 Å². The van der Waals surface area contributed by atoms with Crippen molar-refractivity contribution in [1.82, 2.24) is 4.72 Å². The topological polar surface area (TPSA) is 52.6 Å². The number of aliphatic hydroxyl groups is 1. The number of rotatable bonds is 4. The Balaban J connectivity index is 2.11. The molecule has 1 heterocycles. The highest BCUT2D eigenvalue weighted by molar-refractivity contribution is 8.16. The summed E-state index contributed by atoms with van der Waals surface area (Å²) in [5.74, 6) is -0.0597. The largest absolute Gasteiger partial charge is 0.395 e. The van der Waals surface area contributed by atoms with Crippen molar-refractivity contribution in [3.63, 3.8) is 0 Å². The number of nitrogens with one attached hydrogen (secondary N) is 1. The molecular formula is C11H14N2O2S2. The van der Waals surface area contributed by atoms with Crippen molar-refractivity contribution in [2.24, 2.45) is 0 Å². The minimum absolute atomic E-state index is 0.0597. The third-order valence-corrected chi connectivity index (χ3v) is 4.80. The quantitative estimate of drug-likeness (QED) is 0.815. The molecule has 0 aliphatic carbocycles. The number of para-hydroxylation sites is 1. The second-order valence-electron chi connectivity index (χ2n) is 3.59. The number of nitrogens with zero attached hydrogens (tertiary/aromatic N) is 1. The monoisotopic (exact) mass is 270 g/mol. The SMILES string of the molecule is CC(=O)NSC1Sc2ccccc2N1CCO. The predicted octanol–water partition coefficient (Wildman–Crippen LogP) is 1.66. The summed E-state index contributed by atoms with van der Waals surface area (Å²) >= 11 is 3.06. The minimum Gasteiger partial charge on any atom is -0.395 e. The highest BCUT2D eigenvalue weighted by Crippen LogP contribution is 2.46. The van der Waals surface area contributed by atoms with Gasteiger partial charge in [0.1, 0.15) is 4.71 Å². The lowest BCUT2D eigenvalue weighted by atomic mass is 10.3. The Kier molecular flexibility index (Phi) is 4.20. The van der Waals surface area contributed by atoms with Gasteiger partial charge < -0.3 is 10.0 Å². The van der Waals surface area contributed by atoms with Gasteiger partial charge in [0.15, 0.2) is 0 Å². The Morgan fingerprint density at radius 3 is 3.06 bits per heavy atom. The number of benzene rings is 1. The van der Waals surface area contributed by atoms with Crippen LogP contribution in [0.2, 0.25) is 0 Å². The number of amides is 1. The standard InChI is InChI=1S/C11H14N2O2S2/c1-8(15)12-17-11-13(6-7-14)9-4-2-3-5-10(9)16-11/h2-5,11,14H,6-7H2,1H3,(H,12,15). The second kappa shape index (κ2) is 5.66. The molecule has 1 unspecified atom stereocenters. The van der Waals surface area contributed by atoms with Crippen molar-refractivity contribution in [2.45, 2.75) is 16.5 Å². The molecule has 1 atom stereocenters. The summed E-state index contributed by atoms with van der Waals surface area (Å²) < 4.78 is 2.83. The summed E-state index contributed by atoms with van der Waals surface area (Å²) in [6.07, 6.45) is 0. The molecular weight excluding hydrogens is 256 g/mol. The van der Waals surface area contributed by atoms with E-state index in [-0.39, 0.29) is 17.2 Å². The van der Waals surface area contributed by atoms with Crippen LogP contribution in [-0.2, 0) is 4.79 Å². The van der Waals surface area contributed by atoms with E-state index >= 15 is 0 Å². The summed E-state index contributed by atoms with van der Waals surface area (Å²) in [7, 11) is 0. The first-order valence-corrected chi connectivity index (χ1v) is 7.03. The third kappa shape index (κ3) is 2.88. The van der Waals surface area contributed by atoms with Gasteiger partial charge in [-0.05, 0) is 24.1 Å². The first kappa shape index (κ1) is 12.6. The predicted molar refractivity (Wildman–Crippen MR) is 71.9 cm³/mol. The molecule has 6 heteroatoms. The molecule has 0 radical (unpaired) electrons.